The second-order valence-corrected chi connectivity index (χ2v) is 21.1. The molecule has 1 saturated heterocycles. The molecule has 0 aromatic rings. The van der Waals surface area contributed by atoms with Crippen LogP contribution in [0.3, 0.4) is 0 Å². The van der Waals surface area contributed by atoms with E-state index in [0.29, 0.717) is 12.8 Å². The summed E-state index contributed by atoms with van der Waals surface area (Å²) in [4.78, 5) is 13.2. The molecule has 1 heterocycles. The van der Waals surface area contributed by atoms with E-state index in [9.17, 15) is 43.3 Å². The summed E-state index contributed by atoms with van der Waals surface area (Å²) in [6, 6.07) is -1.13. The van der Waals surface area contributed by atoms with E-state index in [0.717, 1.165) is 38.5 Å². The van der Waals surface area contributed by atoms with Crippen molar-refractivity contribution < 1.29 is 57.0 Å². The third-order valence-corrected chi connectivity index (χ3v) is 14.1. The first-order chi connectivity index (χ1) is 33.4. The van der Waals surface area contributed by atoms with Gasteiger partial charge < -0.3 is 40.3 Å². The monoisotopic (exact) mass is 1000 g/mol. The van der Waals surface area contributed by atoms with Crippen LogP contribution in [0.1, 0.15) is 258 Å². The fraction of sp³-hybridized carbons (Fsp3) is 0.909. The van der Waals surface area contributed by atoms with Gasteiger partial charge in [0, 0.05) is 0 Å². The number of allylic oxidation sites excluding steroid dienone is 3. The maximum atomic E-state index is 13.2. The molecule has 1 amide bonds. The van der Waals surface area contributed by atoms with Crippen molar-refractivity contribution in [2.24, 2.45) is 0 Å². The number of rotatable bonds is 49. The molecule has 1 aliphatic rings. The van der Waals surface area contributed by atoms with Crippen LogP contribution in [-0.4, -0.2) is 107 Å². The fourth-order valence-electron chi connectivity index (χ4n) is 9.13. The molecule has 0 aliphatic carbocycles. The highest BCUT2D eigenvalue weighted by molar-refractivity contribution is 7.80. The summed E-state index contributed by atoms with van der Waals surface area (Å²) in [5.74, 6) is -0.707. The van der Waals surface area contributed by atoms with Crippen molar-refractivity contribution in [1.29, 1.82) is 0 Å². The summed E-state index contributed by atoms with van der Waals surface area (Å²) in [7, 11) is -5.12. The Bertz CT molecular complexity index is 1340. The predicted molar refractivity (Wildman–Crippen MR) is 279 cm³/mol. The third kappa shape index (κ3) is 37.0. The summed E-state index contributed by atoms with van der Waals surface area (Å²) in [6.45, 7) is 3.25. The summed E-state index contributed by atoms with van der Waals surface area (Å²) < 4.78 is 47.7. The van der Waals surface area contributed by atoms with E-state index in [1.165, 1.54) is 192 Å². The van der Waals surface area contributed by atoms with Gasteiger partial charge >= 0.3 is 10.4 Å². The Morgan fingerprint density at radius 3 is 1.39 bits per heavy atom. The van der Waals surface area contributed by atoms with Crippen molar-refractivity contribution in [3.63, 3.8) is 0 Å². The summed E-state index contributed by atoms with van der Waals surface area (Å²) in [5.41, 5.74) is 0. The van der Waals surface area contributed by atoms with E-state index < -0.39 is 78.5 Å². The molecule has 1 aliphatic heterocycles. The molecule has 0 spiro atoms. The SMILES string of the molecule is CCCCCCCCCCCCCC/C=C/CC/C=C/C(O)C(COC1OC(CO)C(O)C(OS(=O)(=O)O)C1O)NC(=O)C(O)CCCCCCCCCCCCCCCCCCCCCCCC. The highest BCUT2D eigenvalue weighted by Gasteiger charge is 2.48. The second-order valence-electron chi connectivity index (χ2n) is 20.0. The Morgan fingerprint density at radius 2 is 0.971 bits per heavy atom. The topological polar surface area (TPSA) is 212 Å². The number of amides is 1. The van der Waals surface area contributed by atoms with Crippen molar-refractivity contribution in [2.45, 2.75) is 307 Å². The number of hydrogen-bond acceptors (Lipinski definition) is 11. The Balaban J connectivity index is 2.45. The zero-order valence-corrected chi connectivity index (χ0v) is 44.6. The summed E-state index contributed by atoms with van der Waals surface area (Å²) in [5, 5.41) is 55.5. The minimum Gasteiger partial charge on any atom is -0.394 e. The zero-order chi connectivity index (χ0) is 50.6. The molecule has 0 saturated carbocycles. The first kappa shape index (κ1) is 65.6. The first-order valence-electron chi connectivity index (χ1n) is 28.3. The van der Waals surface area contributed by atoms with Gasteiger partial charge in [-0.25, -0.2) is 4.18 Å². The molecule has 0 radical (unpaired) electrons. The zero-order valence-electron chi connectivity index (χ0n) is 43.8. The lowest BCUT2D eigenvalue weighted by atomic mass is 9.99. The lowest BCUT2D eigenvalue weighted by molar-refractivity contribution is -0.298. The molecule has 0 bridgehead atoms. The van der Waals surface area contributed by atoms with Gasteiger partial charge in [0.2, 0.25) is 5.91 Å². The number of hydrogen-bond donors (Lipinski definition) is 7. The van der Waals surface area contributed by atoms with Gasteiger partial charge in [0.25, 0.3) is 0 Å². The second kappa shape index (κ2) is 45.2. The lowest BCUT2D eigenvalue weighted by Crippen LogP contribution is -2.61. The van der Waals surface area contributed by atoms with Crippen molar-refractivity contribution in [3.05, 3.63) is 24.3 Å². The number of nitrogens with one attached hydrogen (secondary N) is 1. The first-order valence-corrected chi connectivity index (χ1v) is 29.7. The molecule has 7 N–H and O–H groups in total. The third-order valence-electron chi connectivity index (χ3n) is 13.6. The van der Waals surface area contributed by atoms with E-state index in [1.54, 1.807) is 6.08 Å². The molecule has 0 aromatic heterocycles. The van der Waals surface area contributed by atoms with Crippen LogP contribution in [0, 0.1) is 0 Å². The molecule has 8 atom stereocenters. The van der Waals surface area contributed by atoms with Crippen molar-refractivity contribution in [2.75, 3.05) is 13.2 Å². The number of ether oxygens (including phenoxy) is 2. The van der Waals surface area contributed by atoms with E-state index in [2.05, 4.69) is 35.5 Å². The van der Waals surface area contributed by atoms with Crippen LogP contribution in [0.15, 0.2) is 24.3 Å². The van der Waals surface area contributed by atoms with E-state index in [1.807, 2.05) is 0 Å². The van der Waals surface area contributed by atoms with Crippen molar-refractivity contribution in [3.8, 4) is 0 Å². The lowest BCUT2D eigenvalue weighted by Gasteiger charge is -2.41. The van der Waals surface area contributed by atoms with Crippen LogP contribution < -0.4 is 5.32 Å². The minimum atomic E-state index is -5.12. The maximum absolute atomic E-state index is 13.2. The Labute approximate surface area is 421 Å². The number of carbonyl (C=O) groups excluding carboxylic acids is 1. The van der Waals surface area contributed by atoms with Gasteiger partial charge in [-0.15, -0.1) is 0 Å². The van der Waals surface area contributed by atoms with Crippen LogP contribution >= 0.6 is 0 Å². The Kier molecular flexibility index (Phi) is 42.9. The molecular weight excluding hydrogens is 899 g/mol. The van der Waals surface area contributed by atoms with Gasteiger partial charge in [-0.3, -0.25) is 9.35 Å². The highest BCUT2D eigenvalue weighted by atomic mass is 32.3. The quantitative estimate of drug-likeness (QED) is 0.0172. The predicted octanol–water partition coefficient (Wildman–Crippen LogP) is 11.8. The highest BCUT2D eigenvalue weighted by Crippen LogP contribution is 2.26. The van der Waals surface area contributed by atoms with Gasteiger partial charge in [0.05, 0.1) is 25.4 Å². The number of aliphatic hydroxyl groups excluding tert-OH is 5. The average Bonchev–Trinajstić information content (AvgIpc) is 3.32. The van der Waals surface area contributed by atoms with Gasteiger partial charge in [-0.2, -0.15) is 8.42 Å². The summed E-state index contributed by atoms with van der Waals surface area (Å²) >= 11 is 0. The van der Waals surface area contributed by atoms with Gasteiger partial charge in [0.15, 0.2) is 6.29 Å². The molecule has 69 heavy (non-hydrogen) atoms. The van der Waals surface area contributed by atoms with E-state index in [4.69, 9.17) is 9.47 Å². The van der Waals surface area contributed by atoms with Crippen LogP contribution in [0.5, 0.6) is 0 Å². The Hall–Kier alpha value is -1.46. The number of carbonyl (C=O) groups is 1. The van der Waals surface area contributed by atoms with Crippen LogP contribution in [0.2, 0.25) is 0 Å². The van der Waals surface area contributed by atoms with E-state index >= 15 is 0 Å². The van der Waals surface area contributed by atoms with Crippen LogP contribution in [0.25, 0.3) is 0 Å². The maximum Gasteiger partial charge on any atom is 0.397 e. The fourth-order valence-corrected chi connectivity index (χ4v) is 9.64. The Morgan fingerprint density at radius 1 is 0.580 bits per heavy atom. The summed E-state index contributed by atoms with van der Waals surface area (Å²) in [6.07, 6.45) is 42.6. The standard InChI is InChI=1S/C55H105NO12S/c1-3-5-7-9-11-13-15-17-19-21-23-24-25-26-28-30-32-34-36-38-40-42-44-49(59)54(62)56-47(46-66-55-52(61)53(68-69(63,64)65)51(60)50(45-57)67-55)48(58)43-41-39-37-35-33-31-29-27-22-20-18-16-14-12-10-8-6-4-2/h33,35,41,43,47-53,55,57-61H,3-32,34,36-40,42,44-46H2,1-2H3,(H,56,62)(H,63,64,65)/b35-33+,43-41+. The van der Waals surface area contributed by atoms with Crippen LogP contribution in [0.4, 0.5) is 0 Å². The smallest absolute Gasteiger partial charge is 0.394 e. The normalized spacial score (nSPS) is 20.3. The molecule has 1 fully saturated rings. The van der Waals surface area contributed by atoms with Gasteiger partial charge in [0.1, 0.15) is 30.5 Å². The van der Waals surface area contributed by atoms with Crippen molar-refractivity contribution >= 4 is 16.3 Å². The molecule has 1 rings (SSSR count). The van der Waals surface area contributed by atoms with Crippen molar-refractivity contribution in [1.82, 2.24) is 5.32 Å². The number of aliphatic hydroxyl groups is 5. The molecule has 13 nitrogen and oxygen atoms in total. The molecule has 14 heteroatoms. The largest absolute Gasteiger partial charge is 0.397 e. The van der Waals surface area contributed by atoms with Crippen LogP contribution in [-0.2, 0) is 28.9 Å². The molecular formula is C55H105NO12S. The van der Waals surface area contributed by atoms with Gasteiger partial charge in [-0.1, -0.05) is 250 Å². The van der Waals surface area contributed by atoms with Gasteiger partial charge in [-0.05, 0) is 32.1 Å². The van der Waals surface area contributed by atoms with E-state index in [-0.39, 0.29) is 6.42 Å². The molecule has 408 valence electrons. The number of unbranched alkanes of at least 4 members (excludes halogenated alkanes) is 34. The minimum absolute atomic E-state index is 0.241. The molecule has 0 aromatic carbocycles. The average molecular weight is 1000 g/mol. The molecule has 8 unspecified atom stereocenters.